The first-order valence-corrected chi connectivity index (χ1v) is 8.67. The highest BCUT2D eigenvalue weighted by Crippen LogP contribution is 2.16. The number of thiophene rings is 1. The minimum atomic E-state index is -3.61. The van der Waals surface area contributed by atoms with Gasteiger partial charge in [-0.2, -0.15) is 11.3 Å². The monoisotopic (exact) mass is 311 g/mol. The van der Waals surface area contributed by atoms with Crippen LogP contribution in [-0.2, 0) is 23.1 Å². The predicted octanol–water partition coefficient (Wildman–Crippen LogP) is 2.15. The van der Waals surface area contributed by atoms with E-state index in [0.717, 1.165) is 5.56 Å². The van der Waals surface area contributed by atoms with E-state index >= 15 is 0 Å². The molecule has 0 radical (unpaired) electrons. The van der Waals surface area contributed by atoms with Crippen molar-refractivity contribution in [2.75, 3.05) is 0 Å². The molecule has 0 fully saturated rings. The minimum Gasteiger partial charge on any atom is -0.392 e. The lowest BCUT2D eigenvalue weighted by molar-refractivity contribution is 0.278. The number of nitrogens with one attached hydrogen (secondary N) is 1. The van der Waals surface area contributed by atoms with E-state index in [2.05, 4.69) is 4.72 Å². The second-order valence-corrected chi connectivity index (χ2v) is 7.09. The van der Waals surface area contributed by atoms with Crippen molar-refractivity contribution in [1.29, 1.82) is 0 Å². The number of benzene rings is 1. The molecule has 1 aromatic heterocycles. The quantitative estimate of drug-likeness (QED) is 0.859. The predicted molar refractivity (Wildman–Crippen MR) is 80.2 cm³/mol. The van der Waals surface area contributed by atoms with Gasteiger partial charge in [0.1, 0.15) is 0 Å². The molecule has 4 nitrogen and oxygen atoms in total. The van der Waals surface area contributed by atoms with Crippen LogP contribution in [0.15, 0.2) is 46.0 Å². The molecule has 108 valence electrons. The first kappa shape index (κ1) is 15.2. The molecule has 0 spiro atoms. The molecule has 1 unspecified atom stereocenters. The van der Waals surface area contributed by atoms with Gasteiger partial charge in [-0.15, -0.1) is 0 Å². The summed E-state index contributed by atoms with van der Waals surface area (Å²) in [5.41, 5.74) is 1.52. The zero-order valence-corrected chi connectivity index (χ0v) is 12.7. The molecule has 2 N–H and O–H groups in total. The highest BCUT2D eigenvalue weighted by molar-refractivity contribution is 7.89. The summed E-state index contributed by atoms with van der Waals surface area (Å²) in [6.45, 7) is 1.53. The summed E-state index contributed by atoms with van der Waals surface area (Å²) in [4.78, 5) is 0.139. The normalized spacial score (nSPS) is 13.3. The highest BCUT2D eigenvalue weighted by Gasteiger charge is 2.20. The van der Waals surface area contributed by atoms with Crippen LogP contribution in [0.1, 0.15) is 18.1 Å². The van der Waals surface area contributed by atoms with Gasteiger partial charge in [-0.25, -0.2) is 13.1 Å². The lowest BCUT2D eigenvalue weighted by Gasteiger charge is -2.15. The van der Waals surface area contributed by atoms with E-state index in [1.165, 1.54) is 6.07 Å². The van der Waals surface area contributed by atoms with E-state index in [1.807, 2.05) is 23.8 Å². The van der Waals surface area contributed by atoms with Gasteiger partial charge >= 0.3 is 0 Å². The standard InChI is InChI=1S/C14H17NO3S2/c1-11(8-12-6-7-19-10-12)15-20(17,18)14-5-3-2-4-13(14)9-16/h2-7,10-11,15-16H,8-9H2,1H3. The summed E-state index contributed by atoms with van der Waals surface area (Å²) >= 11 is 1.59. The fraction of sp³-hybridized carbons (Fsp3) is 0.286. The zero-order chi connectivity index (χ0) is 14.6. The average molecular weight is 311 g/mol. The molecule has 1 aromatic carbocycles. The SMILES string of the molecule is CC(Cc1ccsc1)NS(=O)(=O)c1ccccc1CO. The largest absolute Gasteiger partial charge is 0.392 e. The Balaban J connectivity index is 2.14. The minimum absolute atomic E-state index is 0.139. The smallest absolute Gasteiger partial charge is 0.241 e. The maximum absolute atomic E-state index is 12.3. The topological polar surface area (TPSA) is 66.4 Å². The Morgan fingerprint density at radius 2 is 2.05 bits per heavy atom. The van der Waals surface area contributed by atoms with E-state index < -0.39 is 10.0 Å². The fourth-order valence-corrected chi connectivity index (χ4v) is 4.19. The van der Waals surface area contributed by atoms with Crippen molar-refractivity contribution in [1.82, 2.24) is 4.72 Å². The summed E-state index contributed by atoms with van der Waals surface area (Å²) < 4.78 is 27.3. The van der Waals surface area contributed by atoms with Crippen LogP contribution < -0.4 is 4.72 Å². The Kier molecular flexibility index (Phi) is 4.93. The third kappa shape index (κ3) is 3.67. The van der Waals surface area contributed by atoms with E-state index in [0.29, 0.717) is 12.0 Å². The molecule has 2 aromatic rings. The summed E-state index contributed by atoms with van der Waals surface area (Å²) in [5, 5.41) is 13.2. The average Bonchev–Trinajstić information content (AvgIpc) is 2.90. The third-order valence-corrected chi connectivity index (χ3v) is 5.33. The van der Waals surface area contributed by atoms with Crippen LogP contribution in [0.4, 0.5) is 0 Å². The molecule has 20 heavy (non-hydrogen) atoms. The van der Waals surface area contributed by atoms with Crippen LogP contribution in [0.25, 0.3) is 0 Å². The van der Waals surface area contributed by atoms with Crippen LogP contribution in [0, 0.1) is 0 Å². The summed E-state index contributed by atoms with van der Waals surface area (Å²) in [6, 6.07) is 8.25. The van der Waals surface area contributed by atoms with Crippen molar-refractivity contribution < 1.29 is 13.5 Å². The summed E-state index contributed by atoms with van der Waals surface area (Å²) in [6.07, 6.45) is 0.643. The molecule has 2 rings (SSSR count). The molecule has 0 aliphatic heterocycles. The Hall–Kier alpha value is -1.21. The Morgan fingerprint density at radius 3 is 2.70 bits per heavy atom. The lowest BCUT2D eigenvalue weighted by Crippen LogP contribution is -2.34. The van der Waals surface area contributed by atoms with E-state index in [-0.39, 0.29) is 17.5 Å². The van der Waals surface area contributed by atoms with Crippen LogP contribution in [0.3, 0.4) is 0 Å². The van der Waals surface area contributed by atoms with Crippen molar-refractivity contribution in [2.45, 2.75) is 30.9 Å². The first-order valence-electron chi connectivity index (χ1n) is 6.25. The molecule has 6 heteroatoms. The molecule has 0 aliphatic rings. The number of hydrogen-bond acceptors (Lipinski definition) is 4. The number of hydrogen-bond donors (Lipinski definition) is 2. The fourth-order valence-electron chi connectivity index (χ4n) is 2.03. The van der Waals surface area contributed by atoms with Crippen molar-refractivity contribution in [3.8, 4) is 0 Å². The number of aliphatic hydroxyl groups is 1. The van der Waals surface area contributed by atoms with E-state index in [4.69, 9.17) is 0 Å². The molecular weight excluding hydrogens is 294 g/mol. The van der Waals surface area contributed by atoms with Crippen molar-refractivity contribution in [3.05, 3.63) is 52.2 Å². The third-order valence-electron chi connectivity index (χ3n) is 2.91. The van der Waals surface area contributed by atoms with Gasteiger partial charge in [0.25, 0.3) is 0 Å². The van der Waals surface area contributed by atoms with Crippen LogP contribution in [0.5, 0.6) is 0 Å². The highest BCUT2D eigenvalue weighted by atomic mass is 32.2. The van der Waals surface area contributed by atoms with Gasteiger partial charge in [0.15, 0.2) is 0 Å². The summed E-state index contributed by atoms with van der Waals surface area (Å²) in [7, 11) is -3.61. The summed E-state index contributed by atoms with van der Waals surface area (Å²) in [5.74, 6) is 0. The Bertz CT molecular complexity index is 651. The second-order valence-electron chi connectivity index (χ2n) is 4.62. The molecule has 1 atom stereocenters. The number of sulfonamides is 1. The van der Waals surface area contributed by atoms with Gasteiger partial charge in [0, 0.05) is 6.04 Å². The van der Waals surface area contributed by atoms with Gasteiger partial charge in [-0.1, -0.05) is 18.2 Å². The number of aliphatic hydroxyl groups excluding tert-OH is 1. The van der Waals surface area contributed by atoms with E-state index in [9.17, 15) is 13.5 Å². The molecule has 0 bridgehead atoms. The second kappa shape index (κ2) is 6.49. The molecule has 0 saturated carbocycles. The van der Waals surface area contributed by atoms with Crippen LogP contribution in [0.2, 0.25) is 0 Å². The number of rotatable bonds is 6. The maximum Gasteiger partial charge on any atom is 0.241 e. The van der Waals surface area contributed by atoms with Gasteiger partial charge in [-0.3, -0.25) is 0 Å². The maximum atomic E-state index is 12.3. The van der Waals surface area contributed by atoms with Crippen molar-refractivity contribution >= 4 is 21.4 Å². The van der Waals surface area contributed by atoms with Crippen LogP contribution in [-0.4, -0.2) is 19.6 Å². The van der Waals surface area contributed by atoms with Crippen molar-refractivity contribution in [2.24, 2.45) is 0 Å². The molecule has 0 amide bonds. The molecule has 1 heterocycles. The van der Waals surface area contributed by atoms with Gasteiger partial charge in [0.2, 0.25) is 10.0 Å². The molecule has 0 saturated heterocycles. The van der Waals surface area contributed by atoms with Crippen molar-refractivity contribution in [3.63, 3.8) is 0 Å². The first-order chi connectivity index (χ1) is 9.53. The lowest BCUT2D eigenvalue weighted by atomic mass is 10.1. The zero-order valence-electron chi connectivity index (χ0n) is 11.1. The van der Waals surface area contributed by atoms with Crippen LogP contribution >= 0.6 is 11.3 Å². The molecular formula is C14H17NO3S2. The van der Waals surface area contributed by atoms with Gasteiger partial charge in [0.05, 0.1) is 11.5 Å². The van der Waals surface area contributed by atoms with Gasteiger partial charge in [-0.05, 0) is 47.4 Å². The molecule has 0 aliphatic carbocycles. The Labute approximate surface area is 123 Å². The van der Waals surface area contributed by atoms with E-state index in [1.54, 1.807) is 29.5 Å². The van der Waals surface area contributed by atoms with Gasteiger partial charge < -0.3 is 5.11 Å². The Morgan fingerprint density at radius 1 is 1.30 bits per heavy atom.